The molecule has 1 aliphatic rings. The van der Waals surface area contributed by atoms with Crippen LogP contribution >= 0.6 is 11.3 Å². The van der Waals surface area contributed by atoms with Gasteiger partial charge in [-0.15, -0.1) is 11.3 Å². The lowest BCUT2D eigenvalue weighted by molar-refractivity contribution is 0.381. The molecule has 1 saturated carbocycles. The summed E-state index contributed by atoms with van der Waals surface area (Å²) in [6, 6.07) is 0.336. The van der Waals surface area contributed by atoms with Crippen molar-refractivity contribution in [1.29, 1.82) is 0 Å². The number of thiazole rings is 1. The minimum atomic E-state index is 0.336. The van der Waals surface area contributed by atoms with Crippen LogP contribution in [-0.4, -0.2) is 15.1 Å². The largest absolute Gasteiger partial charge is 0.340 e. The lowest BCUT2D eigenvalue weighted by Crippen LogP contribution is -2.23. The Labute approximate surface area is 110 Å². The highest BCUT2D eigenvalue weighted by atomic mass is 32.1. The zero-order chi connectivity index (χ0) is 12.5. The zero-order valence-corrected chi connectivity index (χ0v) is 11.3. The van der Waals surface area contributed by atoms with Gasteiger partial charge in [0.1, 0.15) is 5.01 Å². The number of hydrogen-bond acceptors (Lipinski definition) is 6. The predicted molar refractivity (Wildman–Crippen MR) is 68.2 cm³/mol. The first-order chi connectivity index (χ1) is 8.72. The number of aromatic nitrogens is 3. The standard InChI is InChI=1S/C12H16N4OS/c1-7-5-14-12(18-7)11(9-3-4-9)13-6-10-15-8(2)17-16-10/h5,9,11,13H,3-4,6H2,1-2H3. The molecule has 0 amide bonds. The summed E-state index contributed by atoms with van der Waals surface area (Å²) in [4.78, 5) is 9.95. The second-order valence-corrected chi connectivity index (χ2v) is 6.00. The molecule has 0 aromatic carbocycles. The Morgan fingerprint density at radius 2 is 2.33 bits per heavy atom. The first kappa shape index (κ1) is 11.8. The first-order valence-electron chi connectivity index (χ1n) is 6.17. The number of nitrogens with one attached hydrogen (secondary N) is 1. The minimum absolute atomic E-state index is 0.336. The van der Waals surface area contributed by atoms with E-state index >= 15 is 0 Å². The predicted octanol–water partition coefficient (Wildman–Crippen LogP) is 2.38. The van der Waals surface area contributed by atoms with E-state index in [1.165, 1.54) is 22.7 Å². The van der Waals surface area contributed by atoms with Gasteiger partial charge in [0.05, 0.1) is 12.6 Å². The van der Waals surface area contributed by atoms with Crippen LogP contribution in [0.2, 0.25) is 0 Å². The lowest BCUT2D eigenvalue weighted by Gasteiger charge is -2.14. The van der Waals surface area contributed by atoms with Crippen LogP contribution in [0.25, 0.3) is 0 Å². The maximum Gasteiger partial charge on any atom is 0.223 e. The van der Waals surface area contributed by atoms with Crippen molar-refractivity contribution in [1.82, 2.24) is 20.4 Å². The molecule has 0 saturated heterocycles. The van der Waals surface area contributed by atoms with Crippen molar-refractivity contribution in [3.8, 4) is 0 Å². The van der Waals surface area contributed by atoms with Gasteiger partial charge in [-0.1, -0.05) is 5.16 Å². The van der Waals surface area contributed by atoms with E-state index in [0.717, 1.165) is 0 Å². The highest BCUT2D eigenvalue weighted by Crippen LogP contribution is 2.42. The van der Waals surface area contributed by atoms with Crippen molar-refractivity contribution in [3.05, 3.63) is 27.8 Å². The summed E-state index contributed by atoms with van der Waals surface area (Å²) >= 11 is 1.77. The van der Waals surface area contributed by atoms with Crippen LogP contribution in [0, 0.1) is 19.8 Å². The van der Waals surface area contributed by atoms with Crippen molar-refractivity contribution < 1.29 is 4.52 Å². The fraction of sp³-hybridized carbons (Fsp3) is 0.583. The molecule has 2 aromatic heterocycles. The maximum absolute atomic E-state index is 4.97. The molecule has 0 aliphatic heterocycles. The van der Waals surface area contributed by atoms with Crippen molar-refractivity contribution >= 4 is 11.3 Å². The van der Waals surface area contributed by atoms with E-state index < -0.39 is 0 Å². The van der Waals surface area contributed by atoms with Crippen LogP contribution in [0.5, 0.6) is 0 Å². The molecule has 0 bridgehead atoms. The summed E-state index contributed by atoms with van der Waals surface area (Å²) in [5.41, 5.74) is 0. The van der Waals surface area contributed by atoms with E-state index in [9.17, 15) is 0 Å². The van der Waals surface area contributed by atoms with Gasteiger partial charge in [-0.2, -0.15) is 4.98 Å². The van der Waals surface area contributed by atoms with Crippen LogP contribution in [0.15, 0.2) is 10.7 Å². The number of aryl methyl sites for hydroxylation is 2. The molecule has 1 aliphatic carbocycles. The summed E-state index contributed by atoms with van der Waals surface area (Å²) in [6.07, 6.45) is 4.50. The molecule has 18 heavy (non-hydrogen) atoms. The fourth-order valence-electron chi connectivity index (χ4n) is 2.02. The van der Waals surface area contributed by atoms with Crippen LogP contribution in [0.3, 0.4) is 0 Å². The van der Waals surface area contributed by atoms with Gasteiger partial charge in [0.15, 0.2) is 5.82 Å². The van der Waals surface area contributed by atoms with Crippen LogP contribution in [0.1, 0.15) is 40.5 Å². The van der Waals surface area contributed by atoms with Gasteiger partial charge in [-0.25, -0.2) is 4.98 Å². The maximum atomic E-state index is 4.97. The van der Waals surface area contributed by atoms with E-state index in [0.29, 0.717) is 30.2 Å². The third-order valence-corrected chi connectivity index (χ3v) is 4.04. The molecule has 96 valence electrons. The normalized spacial score (nSPS) is 17.0. The average molecular weight is 264 g/mol. The number of rotatable bonds is 5. The Morgan fingerprint density at radius 3 is 2.89 bits per heavy atom. The topological polar surface area (TPSA) is 63.8 Å². The quantitative estimate of drug-likeness (QED) is 0.898. The van der Waals surface area contributed by atoms with Gasteiger partial charge < -0.3 is 9.84 Å². The fourth-order valence-corrected chi connectivity index (χ4v) is 2.96. The summed E-state index contributed by atoms with van der Waals surface area (Å²) in [6.45, 7) is 4.53. The Balaban J connectivity index is 1.67. The number of hydrogen-bond donors (Lipinski definition) is 1. The zero-order valence-electron chi connectivity index (χ0n) is 10.5. The lowest BCUT2D eigenvalue weighted by atomic mass is 10.2. The SMILES string of the molecule is Cc1nc(CNC(c2ncc(C)s2)C2CC2)no1. The minimum Gasteiger partial charge on any atom is -0.340 e. The van der Waals surface area contributed by atoms with E-state index in [4.69, 9.17) is 4.52 Å². The Kier molecular flexibility index (Phi) is 3.13. The van der Waals surface area contributed by atoms with Crippen molar-refractivity contribution in [3.63, 3.8) is 0 Å². The summed E-state index contributed by atoms with van der Waals surface area (Å²) in [5.74, 6) is 2.04. The van der Waals surface area contributed by atoms with Gasteiger partial charge in [0, 0.05) is 18.0 Å². The van der Waals surface area contributed by atoms with E-state index in [1.54, 1.807) is 18.3 Å². The summed E-state index contributed by atoms with van der Waals surface area (Å²) in [7, 11) is 0. The highest BCUT2D eigenvalue weighted by molar-refractivity contribution is 7.11. The molecule has 1 fully saturated rings. The van der Waals surface area contributed by atoms with Gasteiger partial charge in [-0.3, -0.25) is 0 Å². The molecule has 2 heterocycles. The monoisotopic (exact) mass is 264 g/mol. The molecule has 1 N–H and O–H groups in total. The van der Waals surface area contributed by atoms with Gasteiger partial charge >= 0.3 is 0 Å². The molecule has 0 spiro atoms. The molecule has 6 heteroatoms. The summed E-state index contributed by atoms with van der Waals surface area (Å²) in [5, 5.41) is 8.58. The molecule has 1 atom stereocenters. The van der Waals surface area contributed by atoms with Gasteiger partial charge in [-0.05, 0) is 25.7 Å². The van der Waals surface area contributed by atoms with Crippen molar-refractivity contribution in [2.75, 3.05) is 0 Å². The molecule has 0 radical (unpaired) electrons. The van der Waals surface area contributed by atoms with Crippen LogP contribution < -0.4 is 5.32 Å². The Bertz CT molecular complexity index is 532. The molecule has 3 rings (SSSR count). The Morgan fingerprint density at radius 1 is 1.50 bits per heavy atom. The van der Waals surface area contributed by atoms with E-state index in [-0.39, 0.29) is 0 Å². The smallest absolute Gasteiger partial charge is 0.223 e. The van der Waals surface area contributed by atoms with Crippen LogP contribution in [0.4, 0.5) is 0 Å². The molecule has 1 unspecified atom stereocenters. The van der Waals surface area contributed by atoms with Crippen molar-refractivity contribution in [2.45, 2.75) is 39.3 Å². The molecule has 2 aromatic rings. The third-order valence-electron chi connectivity index (χ3n) is 3.05. The number of nitrogens with zero attached hydrogens (tertiary/aromatic N) is 3. The summed E-state index contributed by atoms with van der Waals surface area (Å²) < 4.78 is 4.97. The highest BCUT2D eigenvalue weighted by Gasteiger charge is 2.33. The molecule has 5 nitrogen and oxygen atoms in total. The van der Waals surface area contributed by atoms with Gasteiger partial charge in [0.2, 0.25) is 5.89 Å². The Hall–Kier alpha value is -1.27. The average Bonchev–Trinajstić information content (AvgIpc) is 2.96. The second-order valence-electron chi connectivity index (χ2n) is 4.73. The van der Waals surface area contributed by atoms with Crippen molar-refractivity contribution in [2.24, 2.45) is 5.92 Å². The van der Waals surface area contributed by atoms with E-state index in [1.807, 2.05) is 6.20 Å². The molecular formula is C12H16N4OS. The second kappa shape index (κ2) is 4.78. The van der Waals surface area contributed by atoms with Gasteiger partial charge in [0.25, 0.3) is 0 Å². The third kappa shape index (κ3) is 2.59. The van der Waals surface area contributed by atoms with Crippen LogP contribution in [-0.2, 0) is 6.54 Å². The van der Waals surface area contributed by atoms with E-state index in [2.05, 4.69) is 27.4 Å². The molecular weight excluding hydrogens is 248 g/mol. The first-order valence-corrected chi connectivity index (χ1v) is 6.99.